The standard InChI is InChI=1S/C16H24N2OS/c1-12(19)18-10-6-5-7-14(18)13-8-9-15(17-11-13)20-16(2,3)4/h8-9,11,14H,5-7,10H2,1-4H3/t14-/m0/s1. The van der Waals surface area contributed by atoms with Crippen LogP contribution in [0.2, 0.25) is 0 Å². The molecule has 0 spiro atoms. The first-order valence-corrected chi connectivity index (χ1v) is 8.10. The zero-order valence-corrected chi connectivity index (χ0v) is 13.7. The Bertz CT molecular complexity index is 464. The van der Waals surface area contributed by atoms with Crippen molar-refractivity contribution in [1.29, 1.82) is 0 Å². The molecule has 1 aromatic heterocycles. The Hall–Kier alpha value is -1.03. The van der Waals surface area contributed by atoms with E-state index in [-0.39, 0.29) is 16.7 Å². The van der Waals surface area contributed by atoms with Crippen molar-refractivity contribution < 1.29 is 4.79 Å². The summed E-state index contributed by atoms with van der Waals surface area (Å²) in [5.41, 5.74) is 1.16. The van der Waals surface area contributed by atoms with Crippen LogP contribution in [-0.4, -0.2) is 27.1 Å². The lowest BCUT2D eigenvalue weighted by molar-refractivity contribution is -0.132. The zero-order chi connectivity index (χ0) is 14.8. The molecule has 1 amide bonds. The first kappa shape index (κ1) is 15.4. The lowest BCUT2D eigenvalue weighted by Crippen LogP contribution is -2.36. The van der Waals surface area contributed by atoms with Crippen molar-refractivity contribution in [2.45, 2.75) is 62.8 Å². The smallest absolute Gasteiger partial charge is 0.219 e. The summed E-state index contributed by atoms with van der Waals surface area (Å²) >= 11 is 1.77. The number of carbonyl (C=O) groups excluding carboxylic acids is 1. The Morgan fingerprint density at radius 2 is 2.10 bits per heavy atom. The maximum Gasteiger partial charge on any atom is 0.219 e. The summed E-state index contributed by atoms with van der Waals surface area (Å²) in [6.45, 7) is 9.09. The largest absolute Gasteiger partial charge is 0.336 e. The van der Waals surface area contributed by atoms with Crippen LogP contribution in [0.15, 0.2) is 23.4 Å². The van der Waals surface area contributed by atoms with E-state index in [9.17, 15) is 4.79 Å². The van der Waals surface area contributed by atoms with Gasteiger partial charge in [0.05, 0.1) is 11.1 Å². The zero-order valence-electron chi connectivity index (χ0n) is 12.8. The third-order valence-electron chi connectivity index (χ3n) is 3.46. The van der Waals surface area contributed by atoms with Gasteiger partial charge in [-0.3, -0.25) is 4.79 Å². The van der Waals surface area contributed by atoms with Gasteiger partial charge >= 0.3 is 0 Å². The van der Waals surface area contributed by atoms with E-state index in [4.69, 9.17) is 0 Å². The molecule has 2 heterocycles. The van der Waals surface area contributed by atoms with Gasteiger partial charge in [-0.05, 0) is 30.9 Å². The van der Waals surface area contributed by atoms with Crippen LogP contribution < -0.4 is 0 Å². The Morgan fingerprint density at radius 1 is 1.35 bits per heavy atom. The quantitative estimate of drug-likeness (QED) is 0.771. The van der Waals surface area contributed by atoms with Crippen LogP contribution in [0.4, 0.5) is 0 Å². The van der Waals surface area contributed by atoms with Crippen LogP contribution in [0.25, 0.3) is 0 Å². The van der Waals surface area contributed by atoms with Crippen molar-refractivity contribution >= 4 is 17.7 Å². The molecule has 1 saturated heterocycles. The minimum atomic E-state index is 0.169. The fourth-order valence-electron chi connectivity index (χ4n) is 2.62. The van der Waals surface area contributed by atoms with Gasteiger partial charge in [-0.1, -0.05) is 26.8 Å². The average Bonchev–Trinajstić information content (AvgIpc) is 2.38. The summed E-state index contributed by atoms with van der Waals surface area (Å²) in [6, 6.07) is 4.42. The van der Waals surface area contributed by atoms with Crippen LogP contribution in [-0.2, 0) is 4.79 Å². The summed E-state index contributed by atoms with van der Waals surface area (Å²) in [5.74, 6) is 0.169. The van der Waals surface area contributed by atoms with Crippen molar-refractivity contribution in [3.63, 3.8) is 0 Å². The Kier molecular flexibility index (Phi) is 4.74. The van der Waals surface area contributed by atoms with E-state index < -0.39 is 0 Å². The van der Waals surface area contributed by atoms with Gasteiger partial charge in [0.1, 0.15) is 0 Å². The second-order valence-corrected chi connectivity index (χ2v) is 8.22. The van der Waals surface area contributed by atoms with Gasteiger partial charge in [0, 0.05) is 24.4 Å². The summed E-state index contributed by atoms with van der Waals surface area (Å²) in [5, 5.41) is 1.05. The number of thioether (sulfide) groups is 1. The van der Waals surface area contributed by atoms with Crippen LogP contribution >= 0.6 is 11.8 Å². The summed E-state index contributed by atoms with van der Waals surface area (Å²) in [6.07, 6.45) is 5.29. The number of likely N-dealkylation sites (tertiary alicyclic amines) is 1. The average molecular weight is 292 g/mol. The van der Waals surface area contributed by atoms with Crippen molar-refractivity contribution in [2.75, 3.05) is 6.54 Å². The number of nitrogens with zero attached hydrogens (tertiary/aromatic N) is 2. The molecule has 2 rings (SSSR count). The van der Waals surface area contributed by atoms with E-state index in [0.29, 0.717) is 0 Å². The fourth-order valence-corrected chi connectivity index (χ4v) is 3.49. The van der Waals surface area contributed by atoms with Gasteiger partial charge in [-0.15, -0.1) is 11.8 Å². The lowest BCUT2D eigenvalue weighted by atomic mass is 9.96. The number of pyridine rings is 1. The van der Waals surface area contributed by atoms with Crippen molar-refractivity contribution in [2.24, 2.45) is 0 Å². The highest BCUT2D eigenvalue weighted by Crippen LogP contribution is 2.33. The number of rotatable bonds is 2. The summed E-state index contributed by atoms with van der Waals surface area (Å²) < 4.78 is 0.171. The van der Waals surface area contributed by atoms with Crippen LogP contribution in [0.1, 0.15) is 58.6 Å². The number of hydrogen-bond acceptors (Lipinski definition) is 3. The monoisotopic (exact) mass is 292 g/mol. The highest BCUT2D eigenvalue weighted by atomic mass is 32.2. The molecule has 0 radical (unpaired) electrons. The molecule has 110 valence electrons. The maximum atomic E-state index is 11.7. The Labute approximate surface area is 126 Å². The number of hydrogen-bond donors (Lipinski definition) is 0. The lowest BCUT2D eigenvalue weighted by Gasteiger charge is -2.35. The third-order valence-corrected chi connectivity index (χ3v) is 4.53. The van der Waals surface area contributed by atoms with Crippen LogP contribution in [0.5, 0.6) is 0 Å². The molecular weight excluding hydrogens is 268 g/mol. The summed E-state index contributed by atoms with van der Waals surface area (Å²) in [7, 11) is 0. The molecule has 0 unspecified atom stereocenters. The molecular formula is C16H24N2OS. The predicted molar refractivity (Wildman–Crippen MR) is 83.8 cm³/mol. The maximum absolute atomic E-state index is 11.7. The van der Waals surface area contributed by atoms with Gasteiger partial charge in [-0.2, -0.15) is 0 Å². The number of piperidine rings is 1. The minimum absolute atomic E-state index is 0.169. The number of amides is 1. The van der Waals surface area contributed by atoms with E-state index in [1.54, 1.807) is 18.7 Å². The topological polar surface area (TPSA) is 33.2 Å². The van der Waals surface area contributed by atoms with E-state index >= 15 is 0 Å². The molecule has 0 N–H and O–H groups in total. The second kappa shape index (κ2) is 6.17. The number of carbonyl (C=O) groups is 1. The molecule has 0 aromatic carbocycles. The minimum Gasteiger partial charge on any atom is -0.336 e. The molecule has 1 aromatic rings. The van der Waals surface area contributed by atoms with Crippen molar-refractivity contribution in [3.8, 4) is 0 Å². The third kappa shape index (κ3) is 3.98. The van der Waals surface area contributed by atoms with Gasteiger partial charge < -0.3 is 4.90 Å². The van der Waals surface area contributed by atoms with E-state index in [0.717, 1.165) is 30.0 Å². The van der Waals surface area contributed by atoms with Crippen LogP contribution in [0, 0.1) is 0 Å². The van der Waals surface area contributed by atoms with E-state index in [2.05, 4.69) is 37.9 Å². The first-order valence-electron chi connectivity index (χ1n) is 7.29. The van der Waals surface area contributed by atoms with E-state index in [1.807, 2.05) is 11.1 Å². The molecule has 20 heavy (non-hydrogen) atoms. The Morgan fingerprint density at radius 3 is 2.65 bits per heavy atom. The molecule has 4 heteroatoms. The SMILES string of the molecule is CC(=O)N1CCCC[C@H]1c1ccc(SC(C)(C)C)nc1. The summed E-state index contributed by atoms with van der Waals surface area (Å²) in [4.78, 5) is 18.3. The molecule has 3 nitrogen and oxygen atoms in total. The number of aromatic nitrogens is 1. The second-order valence-electron chi connectivity index (χ2n) is 6.37. The molecule has 1 fully saturated rings. The first-order chi connectivity index (χ1) is 9.37. The normalized spacial score (nSPS) is 20.0. The molecule has 0 saturated carbocycles. The van der Waals surface area contributed by atoms with Crippen molar-refractivity contribution in [3.05, 3.63) is 23.9 Å². The highest BCUT2D eigenvalue weighted by molar-refractivity contribution is 8.00. The van der Waals surface area contributed by atoms with Gasteiger partial charge in [-0.25, -0.2) is 4.98 Å². The molecule has 0 aliphatic carbocycles. The molecule has 1 aliphatic heterocycles. The van der Waals surface area contributed by atoms with Crippen molar-refractivity contribution in [1.82, 2.24) is 9.88 Å². The van der Waals surface area contributed by atoms with E-state index in [1.165, 1.54) is 6.42 Å². The predicted octanol–water partition coefficient (Wildman–Crippen LogP) is 4.05. The van der Waals surface area contributed by atoms with Gasteiger partial charge in [0.15, 0.2) is 0 Å². The highest BCUT2D eigenvalue weighted by Gasteiger charge is 2.26. The van der Waals surface area contributed by atoms with Crippen LogP contribution in [0.3, 0.4) is 0 Å². The van der Waals surface area contributed by atoms with Gasteiger partial charge in [0.2, 0.25) is 5.91 Å². The van der Waals surface area contributed by atoms with Gasteiger partial charge in [0.25, 0.3) is 0 Å². The Balaban J connectivity index is 2.14. The molecule has 0 bridgehead atoms. The molecule has 1 aliphatic rings. The fraction of sp³-hybridized carbons (Fsp3) is 0.625. The molecule has 1 atom stereocenters.